The number of sulfonamides is 1. The minimum atomic E-state index is -3.51. The largest absolute Gasteiger partial charge is 0.339 e. The number of hydrogen-bond donors (Lipinski definition) is 1. The third kappa shape index (κ3) is 4.64. The number of nitrogens with zero attached hydrogens (tertiary/aromatic N) is 2. The number of nitrogens with two attached hydrogens (primary N) is 1. The number of carbonyl (C=O) groups excluding carboxylic acids is 1. The molecule has 1 aromatic heterocycles. The van der Waals surface area contributed by atoms with Gasteiger partial charge in [-0.25, -0.2) is 17.9 Å². The summed E-state index contributed by atoms with van der Waals surface area (Å²) in [5.74, 6) is -0.866. The number of pyridine rings is 1. The van der Waals surface area contributed by atoms with Gasteiger partial charge in [0.05, 0.1) is 5.75 Å². The molecule has 2 N–H and O–H groups in total. The zero-order valence-electron chi connectivity index (χ0n) is 14.1. The Hall–Kier alpha value is -2.32. The molecule has 1 fully saturated rings. The number of piperidine rings is 1. The molecule has 0 spiro atoms. The Bertz CT molecular complexity index is 895. The first-order valence-corrected chi connectivity index (χ1v) is 10.0. The Labute approximate surface area is 151 Å². The summed E-state index contributed by atoms with van der Waals surface area (Å²) in [5, 5.41) is 5.09. The minimum Gasteiger partial charge on any atom is -0.339 e. The second kappa shape index (κ2) is 7.51. The smallest absolute Gasteiger partial charge is 0.253 e. The molecule has 0 unspecified atom stereocenters. The first-order valence-electron chi connectivity index (χ1n) is 8.32. The van der Waals surface area contributed by atoms with Crippen LogP contribution in [0.25, 0.3) is 11.1 Å². The summed E-state index contributed by atoms with van der Waals surface area (Å²) in [4.78, 5) is 18.4. The summed E-state index contributed by atoms with van der Waals surface area (Å²) in [7, 11) is -3.51. The number of rotatable bonds is 4. The lowest BCUT2D eigenvalue weighted by Gasteiger charge is -2.31. The van der Waals surface area contributed by atoms with E-state index < -0.39 is 15.8 Å². The third-order valence-corrected chi connectivity index (χ3v) is 5.45. The number of likely N-dealkylation sites (tertiary alicyclic amines) is 1. The summed E-state index contributed by atoms with van der Waals surface area (Å²) < 4.78 is 36.4. The fourth-order valence-electron chi connectivity index (χ4n) is 3.23. The molecule has 0 radical (unpaired) electrons. The van der Waals surface area contributed by atoms with Gasteiger partial charge in [0.25, 0.3) is 5.91 Å². The molecule has 0 atom stereocenters. The maximum absolute atomic E-state index is 14.0. The van der Waals surface area contributed by atoms with Crippen molar-refractivity contribution in [2.24, 2.45) is 11.1 Å². The minimum absolute atomic E-state index is 0.0486. The van der Waals surface area contributed by atoms with Gasteiger partial charge in [-0.05, 0) is 48.6 Å². The highest BCUT2D eigenvalue weighted by Crippen LogP contribution is 2.24. The fraction of sp³-hybridized carbons (Fsp3) is 0.333. The standard InChI is InChI=1S/C18H20FN3O3S/c19-17-9-15(14-2-1-5-21-11-14)8-16(10-17)18(23)22-6-3-13(4-7-22)12-26(20,24)25/h1-2,5,8-11,13H,3-4,6-7,12H2,(H2,20,24,25). The van der Waals surface area contributed by atoms with E-state index in [9.17, 15) is 17.6 Å². The van der Waals surface area contributed by atoms with Gasteiger partial charge in [-0.15, -0.1) is 0 Å². The van der Waals surface area contributed by atoms with E-state index in [1.807, 2.05) is 0 Å². The molecule has 1 aliphatic rings. The number of halogens is 1. The molecule has 1 saturated heterocycles. The monoisotopic (exact) mass is 377 g/mol. The van der Waals surface area contributed by atoms with Crippen LogP contribution in [0.2, 0.25) is 0 Å². The van der Waals surface area contributed by atoms with Gasteiger partial charge in [-0.1, -0.05) is 6.07 Å². The molecule has 6 nitrogen and oxygen atoms in total. The van der Waals surface area contributed by atoms with E-state index in [2.05, 4.69) is 4.98 Å². The van der Waals surface area contributed by atoms with Crippen LogP contribution in [0.4, 0.5) is 4.39 Å². The summed E-state index contributed by atoms with van der Waals surface area (Å²) in [5.41, 5.74) is 1.59. The van der Waals surface area contributed by atoms with E-state index in [1.165, 1.54) is 12.1 Å². The van der Waals surface area contributed by atoms with Gasteiger partial charge in [-0.3, -0.25) is 9.78 Å². The number of primary sulfonamides is 1. The van der Waals surface area contributed by atoms with Gasteiger partial charge in [0, 0.05) is 36.6 Å². The predicted molar refractivity (Wildman–Crippen MR) is 96.2 cm³/mol. The quantitative estimate of drug-likeness (QED) is 0.882. The first-order chi connectivity index (χ1) is 12.3. The lowest BCUT2D eigenvalue weighted by atomic mass is 9.97. The van der Waals surface area contributed by atoms with Crippen LogP contribution < -0.4 is 5.14 Å². The highest BCUT2D eigenvalue weighted by atomic mass is 32.2. The lowest BCUT2D eigenvalue weighted by Crippen LogP contribution is -2.40. The van der Waals surface area contributed by atoms with E-state index in [1.54, 1.807) is 35.5 Å². The van der Waals surface area contributed by atoms with Crippen molar-refractivity contribution in [1.29, 1.82) is 0 Å². The second-order valence-electron chi connectivity index (χ2n) is 6.54. The highest BCUT2D eigenvalue weighted by molar-refractivity contribution is 7.89. The molecule has 2 aromatic rings. The fourth-order valence-corrected chi connectivity index (χ4v) is 4.22. The Kier molecular flexibility index (Phi) is 5.33. The van der Waals surface area contributed by atoms with Crippen LogP contribution in [0.3, 0.4) is 0 Å². The molecule has 0 saturated carbocycles. The zero-order valence-corrected chi connectivity index (χ0v) is 15.0. The molecule has 0 bridgehead atoms. The van der Waals surface area contributed by atoms with Crippen LogP contribution in [0.1, 0.15) is 23.2 Å². The van der Waals surface area contributed by atoms with Crippen molar-refractivity contribution in [3.63, 3.8) is 0 Å². The van der Waals surface area contributed by atoms with E-state index in [-0.39, 0.29) is 23.1 Å². The molecular formula is C18H20FN3O3S. The molecule has 1 amide bonds. The number of carbonyl (C=O) groups is 1. The Balaban J connectivity index is 1.74. The molecule has 26 heavy (non-hydrogen) atoms. The van der Waals surface area contributed by atoms with Gasteiger partial charge < -0.3 is 4.90 Å². The SMILES string of the molecule is NS(=O)(=O)CC1CCN(C(=O)c2cc(F)cc(-c3cccnc3)c2)CC1. The van der Waals surface area contributed by atoms with Crippen LogP contribution in [-0.4, -0.2) is 43.1 Å². The van der Waals surface area contributed by atoms with Crippen LogP contribution in [0, 0.1) is 11.7 Å². The molecule has 1 aromatic carbocycles. The second-order valence-corrected chi connectivity index (χ2v) is 8.19. The molecule has 0 aliphatic carbocycles. The number of amides is 1. The Morgan fingerprint density at radius 1 is 1.23 bits per heavy atom. The third-order valence-electron chi connectivity index (χ3n) is 4.51. The molecule has 8 heteroatoms. The summed E-state index contributed by atoms with van der Waals surface area (Å²) >= 11 is 0. The number of hydrogen-bond acceptors (Lipinski definition) is 4. The van der Waals surface area contributed by atoms with Crippen LogP contribution in [0.5, 0.6) is 0 Å². The van der Waals surface area contributed by atoms with E-state index in [0.717, 1.165) is 5.56 Å². The van der Waals surface area contributed by atoms with Gasteiger partial charge >= 0.3 is 0 Å². The zero-order chi connectivity index (χ0) is 18.7. The maximum atomic E-state index is 14.0. The van der Waals surface area contributed by atoms with Crippen LogP contribution in [0.15, 0.2) is 42.7 Å². The molecular weight excluding hydrogens is 357 g/mol. The van der Waals surface area contributed by atoms with Crippen molar-refractivity contribution >= 4 is 15.9 Å². The van der Waals surface area contributed by atoms with Crippen molar-refractivity contribution in [2.75, 3.05) is 18.8 Å². The maximum Gasteiger partial charge on any atom is 0.253 e. The average molecular weight is 377 g/mol. The molecule has 138 valence electrons. The van der Waals surface area contributed by atoms with Gasteiger partial charge in [-0.2, -0.15) is 0 Å². The normalized spacial score (nSPS) is 15.8. The lowest BCUT2D eigenvalue weighted by molar-refractivity contribution is 0.0698. The Morgan fingerprint density at radius 3 is 2.58 bits per heavy atom. The van der Waals surface area contributed by atoms with Crippen LogP contribution >= 0.6 is 0 Å². The predicted octanol–water partition coefficient (Wildman–Crippen LogP) is 2.03. The summed E-state index contributed by atoms with van der Waals surface area (Å²) in [6, 6.07) is 7.79. The molecule has 1 aliphatic heterocycles. The van der Waals surface area contributed by atoms with Crippen molar-refractivity contribution < 1.29 is 17.6 Å². The number of benzene rings is 1. The van der Waals surface area contributed by atoms with Gasteiger partial charge in [0.1, 0.15) is 5.82 Å². The molecule has 3 rings (SSSR count). The number of aromatic nitrogens is 1. The van der Waals surface area contributed by atoms with Crippen molar-refractivity contribution in [1.82, 2.24) is 9.88 Å². The Morgan fingerprint density at radius 2 is 1.96 bits per heavy atom. The van der Waals surface area contributed by atoms with Crippen molar-refractivity contribution in [2.45, 2.75) is 12.8 Å². The van der Waals surface area contributed by atoms with E-state index >= 15 is 0 Å². The van der Waals surface area contributed by atoms with Crippen molar-refractivity contribution in [3.05, 3.63) is 54.1 Å². The van der Waals surface area contributed by atoms with Gasteiger partial charge in [0.2, 0.25) is 10.0 Å². The topological polar surface area (TPSA) is 93.4 Å². The average Bonchev–Trinajstić information content (AvgIpc) is 2.61. The highest BCUT2D eigenvalue weighted by Gasteiger charge is 2.26. The van der Waals surface area contributed by atoms with Crippen molar-refractivity contribution in [3.8, 4) is 11.1 Å². The molecule has 2 heterocycles. The van der Waals surface area contributed by atoms with Crippen LogP contribution in [-0.2, 0) is 10.0 Å². The summed E-state index contributed by atoms with van der Waals surface area (Å²) in [6.45, 7) is 0.857. The first kappa shape index (κ1) is 18.5. The van der Waals surface area contributed by atoms with E-state index in [0.29, 0.717) is 31.5 Å². The van der Waals surface area contributed by atoms with E-state index in [4.69, 9.17) is 5.14 Å². The summed E-state index contributed by atoms with van der Waals surface area (Å²) in [6.07, 6.45) is 4.36. The van der Waals surface area contributed by atoms with Gasteiger partial charge in [0.15, 0.2) is 0 Å².